The van der Waals surface area contributed by atoms with Gasteiger partial charge in [0.15, 0.2) is 0 Å². The van der Waals surface area contributed by atoms with Crippen molar-refractivity contribution in [1.82, 2.24) is 10.6 Å². The van der Waals surface area contributed by atoms with Gasteiger partial charge in [-0.25, -0.2) is 4.79 Å². The zero-order chi connectivity index (χ0) is 7.11. The topological polar surface area (TPSA) is 50.4 Å². The van der Waals surface area contributed by atoms with E-state index in [1.807, 2.05) is 0 Å². The first-order valence-electron chi connectivity index (χ1n) is 2.80. The molecule has 0 aromatic carbocycles. The Morgan fingerprint density at radius 3 is 2.50 bits per heavy atom. The van der Waals surface area contributed by atoms with Crippen molar-refractivity contribution in [3.63, 3.8) is 0 Å². The molecule has 0 aromatic rings. The van der Waals surface area contributed by atoms with Gasteiger partial charge in [-0.1, -0.05) is 0 Å². The highest BCUT2D eigenvalue weighted by molar-refractivity contribution is 5.85. The SMILES string of the molecule is CNCCOC(=O)NC.Cl. The van der Waals surface area contributed by atoms with Crippen LogP contribution in [0.2, 0.25) is 0 Å². The van der Waals surface area contributed by atoms with E-state index >= 15 is 0 Å². The molecule has 0 aliphatic heterocycles. The molecule has 2 N–H and O–H groups in total. The number of amides is 1. The Morgan fingerprint density at radius 2 is 2.10 bits per heavy atom. The zero-order valence-corrected chi connectivity index (χ0v) is 6.96. The number of carbonyl (C=O) groups excluding carboxylic acids is 1. The molecular formula is C5H13ClN2O2. The second-order valence-corrected chi connectivity index (χ2v) is 1.49. The van der Waals surface area contributed by atoms with E-state index in [1.165, 1.54) is 7.05 Å². The number of likely N-dealkylation sites (N-methyl/N-ethyl adjacent to an activating group) is 1. The van der Waals surface area contributed by atoms with E-state index in [4.69, 9.17) is 0 Å². The molecule has 0 aromatic heterocycles. The second-order valence-electron chi connectivity index (χ2n) is 1.49. The molecule has 1 amide bonds. The number of halogens is 1. The molecule has 0 heterocycles. The molecule has 0 atom stereocenters. The number of hydrogen-bond acceptors (Lipinski definition) is 3. The van der Waals surface area contributed by atoms with E-state index in [1.54, 1.807) is 7.05 Å². The van der Waals surface area contributed by atoms with Crippen molar-refractivity contribution in [2.24, 2.45) is 0 Å². The lowest BCUT2D eigenvalue weighted by atomic mass is 10.7. The number of alkyl carbamates (subject to hydrolysis) is 1. The van der Waals surface area contributed by atoms with Crippen LogP contribution in [0, 0.1) is 0 Å². The van der Waals surface area contributed by atoms with Gasteiger partial charge < -0.3 is 15.4 Å². The molecule has 0 unspecified atom stereocenters. The molecule has 0 saturated heterocycles. The summed E-state index contributed by atoms with van der Waals surface area (Å²) in [4.78, 5) is 10.3. The number of nitrogens with one attached hydrogen (secondary N) is 2. The van der Waals surface area contributed by atoms with Crippen molar-refractivity contribution < 1.29 is 9.53 Å². The fourth-order valence-electron chi connectivity index (χ4n) is 0.318. The standard InChI is InChI=1S/C5H12N2O2.ClH/c1-6-3-4-9-5(8)7-2;/h6H,3-4H2,1-2H3,(H,7,8);1H. The third kappa shape index (κ3) is 7.52. The quantitative estimate of drug-likeness (QED) is 0.583. The predicted octanol–water partition coefficient (Wildman–Crippen LogP) is -0.0164. The lowest BCUT2D eigenvalue weighted by Gasteiger charge is -2.01. The van der Waals surface area contributed by atoms with Crippen LogP contribution in [0.15, 0.2) is 0 Å². The summed E-state index contributed by atoms with van der Waals surface area (Å²) >= 11 is 0. The second kappa shape index (κ2) is 8.52. The van der Waals surface area contributed by atoms with Gasteiger partial charge in [-0.05, 0) is 7.05 Å². The van der Waals surface area contributed by atoms with E-state index in [0.717, 1.165) is 0 Å². The number of rotatable bonds is 3. The Hall–Kier alpha value is -0.480. The lowest BCUT2D eigenvalue weighted by Crippen LogP contribution is -2.23. The highest BCUT2D eigenvalue weighted by atomic mass is 35.5. The van der Waals surface area contributed by atoms with Gasteiger partial charge in [0.1, 0.15) is 6.61 Å². The van der Waals surface area contributed by atoms with E-state index in [0.29, 0.717) is 13.2 Å². The summed E-state index contributed by atoms with van der Waals surface area (Å²) in [5.74, 6) is 0. The maximum Gasteiger partial charge on any atom is 0.406 e. The Balaban J connectivity index is 0. The molecule has 0 bridgehead atoms. The number of ether oxygens (including phenoxy) is 1. The smallest absolute Gasteiger partial charge is 0.406 e. The van der Waals surface area contributed by atoms with Crippen LogP contribution in [0.4, 0.5) is 4.79 Å². The largest absolute Gasteiger partial charge is 0.448 e. The molecule has 4 nitrogen and oxygen atoms in total. The van der Waals surface area contributed by atoms with Crippen molar-refractivity contribution in [3.8, 4) is 0 Å². The Labute approximate surface area is 66.7 Å². The highest BCUT2D eigenvalue weighted by Crippen LogP contribution is 1.72. The van der Waals surface area contributed by atoms with Gasteiger partial charge in [0.2, 0.25) is 0 Å². The van der Waals surface area contributed by atoms with Crippen LogP contribution >= 0.6 is 12.4 Å². The molecule has 0 aliphatic rings. The van der Waals surface area contributed by atoms with Crippen LogP contribution in [0.3, 0.4) is 0 Å². The van der Waals surface area contributed by atoms with Gasteiger partial charge in [-0.15, -0.1) is 12.4 Å². The van der Waals surface area contributed by atoms with Crippen molar-refractivity contribution in [2.45, 2.75) is 0 Å². The zero-order valence-electron chi connectivity index (χ0n) is 6.14. The lowest BCUT2D eigenvalue weighted by molar-refractivity contribution is 0.150. The van der Waals surface area contributed by atoms with Crippen LogP contribution in [0.25, 0.3) is 0 Å². The molecule has 0 fully saturated rings. The summed E-state index contributed by atoms with van der Waals surface area (Å²) in [7, 11) is 3.33. The average molecular weight is 169 g/mol. The first-order valence-corrected chi connectivity index (χ1v) is 2.80. The maximum absolute atomic E-state index is 10.3. The molecule has 0 spiro atoms. The van der Waals surface area contributed by atoms with Crippen LogP contribution < -0.4 is 10.6 Å². The maximum atomic E-state index is 10.3. The Morgan fingerprint density at radius 1 is 1.50 bits per heavy atom. The fraction of sp³-hybridized carbons (Fsp3) is 0.800. The highest BCUT2D eigenvalue weighted by Gasteiger charge is 1.93. The van der Waals surface area contributed by atoms with Gasteiger partial charge in [-0.3, -0.25) is 0 Å². The Bertz CT molecular complexity index is 89.7. The summed E-state index contributed by atoms with van der Waals surface area (Å²) in [6.45, 7) is 1.10. The minimum absolute atomic E-state index is 0. The summed E-state index contributed by atoms with van der Waals surface area (Å²) in [5, 5.41) is 5.18. The normalized spacial score (nSPS) is 7.80. The Kier molecular flexibility index (Phi) is 10.4. The molecule has 5 heteroatoms. The van der Waals surface area contributed by atoms with Crippen molar-refractivity contribution in [2.75, 3.05) is 27.2 Å². The minimum Gasteiger partial charge on any atom is -0.448 e. The summed E-state index contributed by atoms with van der Waals surface area (Å²) < 4.78 is 4.62. The van der Waals surface area contributed by atoms with Crippen LogP contribution in [-0.4, -0.2) is 33.3 Å². The van der Waals surface area contributed by atoms with Gasteiger partial charge in [0, 0.05) is 13.6 Å². The fourth-order valence-corrected chi connectivity index (χ4v) is 0.318. The molecule has 0 rings (SSSR count). The van der Waals surface area contributed by atoms with Crippen molar-refractivity contribution in [3.05, 3.63) is 0 Å². The van der Waals surface area contributed by atoms with Crippen molar-refractivity contribution in [1.29, 1.82) is 0 Å². The molecular weight excluding hydrogens is 156 g/mol. The molecule has 0 radical (unpaired) electrons. The van der Waals surface area contributed by atoms with E-state index < -0.39 is 0 Å². The molecule has 10 heavy (non-hydrogen) atoms. The third-order valence-electron chi connectivity index (χ3n) is 0.789. The van der Waals surface area contributed by atoms with Gasteiger partial charge in [0.05, 0.1) is 0 Å². The van der Waals surface area contributed by atoms with Crippen LogP contribution in [0.1, 0.15) is 0 Å². The molecule has 0 saturated carbocycles. The summed E-state index contributed by atoms with van der Waals surface area (Å²) in [6.07, 6.45) is -0.384. The van der Waals surface area contributed by atoms with Gasteiger partial charge in [-0.2, -0.15) is 0 Å². The van der Waals surface area contributed by atoms with E-state index in [9.17, 15) is 4.79 Å². The molecule has 62 valence electrons. The van der Waals surface area contributed by atoms with Gasteiger partial charge >= 0.3 is 6.09 Å². The monoisotopic (exact) mass is 168 g/mol. The number of carbonyl (C=O) groups is 1. The minimum atomic E-state index is -0.384. The number of hydrogen-bond donors (Lipinski definition) is 2. The van der Waals surface area contributed by atoms with E-state index in [-0.39, 0.29) is 18.5 Å². The van der Waals surface area contributed by atoms with E-state index in [2.05, 4.69) is 15.4 Å². The van der Waals surface area contributed by atoms with Crippen LogP contribution in [0.5, 0.6) is 0 Å². The predicted molar refractivity (Wildman–Crippen MR) is 41.6 cm³/mol. The van der Waals surface area contributed by atoms with Crippen LogP contribution in [-0.2, 0) is 4.74 Å². The van der Waals surface area contributed by atoms with Crippen molar-refractivity contribution >= 4 is 18.5 Å². The first kappa shape index (κ1) is 12.2. The summed E-state index contributed by atoms with van der Waals surface area (Å²) in [5.41, 5.74) is 0. The average Bonchev–Trinajstić information content (AvgIpc) is 1.89. The third-order valence-corrected chi connectivity index (χ3v) is 0.789. The molecule has 0 aliphatic carbocycles. The summed E-state index contributed by atoms with van der Waals surface area (Å²) in [6, 6.07) is 0. The van der Waals surface area contributed by atoms with Gasteiger partial charge in [0.25, 0.3) is 0 Å². The first-order chi connectivity index (χ1) is 4.31.